The molecule has 2 aromatic carbocycles. The molecule has 0 amide bonds. The van der Waals surface area contributed by atoms with Crippen LogP contribution in [0.2, 0.25) is 0 Å². The number of nitrogens with one attached hydrogen (secondary N) is 1. The van der Waals surface area contributed by atoms with Crippen molar-refractivity contribution in [1.29, 1.82) is 0 Å². The van der Waals surface area contributed by atoms with Crippen molar-refractivity contribution < 1.29 is 13.5 Å². The first-order valence-corrected chi connectivity index (χ1v) is 10.3. The molecule has 0 spiro atoms. The van der Waals surface area contributed by atoms with Crippen molar-refractivity contribution in [2.24, 2.45) is 0 Å². The van der Waals surface area contributed by atoms with Crippen molar-refractivity contribution in [3.63, 3.8) is 0 Å². The van der Waals surface area contributed by atoms with E-state index in [1.165, 1.54) is 0 Å². The van der Waals surface area contributed by atoms with Gasteiger partial charge in [0.25, 0.3) is 0 Å². The Balaban J connectivity index is 1.86. The van der Waals surface area contributed by atoms with Crippen LogP contribution in [0.1, 0.15) is 38.7 Å². The standard InChI is InChI=1S/C20H25NO3S/c1-15(2)25(23,24)21-19-9-6-14-20(19,22)18-12-10-17(11-13-18)16-7-4-3-5-8-16/h3-5,7-8,10-13,15,19,21-22H,6,9,14H2,1-2H3/t19-,20+/m1/s1. The molecule has 1 aliphatic rings. The second-order valence-corrected chi connectivity index (χ2v) is 9.29. The van der Waals surface area contributed by atoms with Gasteiger partial charge < -0.3 is 5.11 Å². The van der Waals surface area contributed by atoms with Crippen LogP contribution in [0.3, 0.4) is 0 Å². The molecule has 1 aliphatic carbocycles. The molecule has 1 fully saturated rings. The minimum Gasteiger partial charge on any atom is -0.383 e. The molecule has 2 aromatic rings. The molecule has 0 unspecified atom stereocenters. The van der Waals surface area contributed by atoms with Gasteiger partial charge in [-0.2, -0.15) is 0 Å². The summed E-state index contributed by atoms with van der Waals surface area (Å²) in [6.07, 6.45) is 1.99. The van der Waals surface area contributed by atoms with Gasteiger partial charge in [-0.1, -0.05) is 54.6 Å². The third-order valence-electron chi connectivity index (χ3n) is 5.05. The molecule has 0 radical (unpaired) electrons. The van der Waals surface area contributed by atoms with E-state index in [-0.39, 0.29) is 0 Å². The molecule has 1 saturated carbocycles. The molecule has 0 bridgehead atoms. The van der Waals surface area contributed by atoms with Crippen molar-refractivity contribution >= 4 is 10.0 Å². The van der Waals surface area contributed by atoms with E-state index in [0.717, 1.165) is 23.1 Å². The Morgan fingerprint density at radius 2 is 1.64 bits per heavy atom. The average molecular weight is 359 g/mol. The van der Waals surface area contributed by atoms with Crippen LogP contribution in [0.4, 0.5) is 0 Å². The zero-order chi connectivity index (χ0) is 18.1. The van der Waals surface area contributed by atoms with Gasteiger partial charge in [0.05, 0.1) is 11.3 Å². The number of benzene rings is 2. The summed E-state index contributed by atoms with van der Waals surface area (Å²) in [6, 6.07) is 17.3. The van der Waals surface area contributed by atoms with E-state index in [1.54, 1.807) is 13.8 Å². The first kappa shape index (κ1) is 18.1. The number of rotatable bonds is 5. The summed E-state index contributed by atoms with van der Waals surface area (Å²) in [7, 11) is -3.42. The van der Waals surface area contributed by atoms with Crippen LogP contribution in [0.15, 0.2) is 54.6 Å². The largest absolute Gasteiger partial charge is 0.383 e. The Hall–Kier alpha value is -1.69. The van der Waals surface area contributed by atoms with Gasteiger partial charge in [-0.05, 0) is 49.8 Å². The Kier molecular flexibility index (Phi) is 5.00. The molecular weight excluding hydrogens is 334 g/mol. The zero-order valence-electron chi connectivity index (χ0n) is 14.6. The highest BCUT2D eigenvalue weighted by atomic mass is 32.2. The maximum atomic E-state index is 12.2. The Morgan fingerprint density at radius 1 is 1.04 bits per heavy atom. The smallest absolute Gasteiger partial charge is 0.214 e. The molecule has 2 atom stereocenters. The lowest BCUT2D eigenvalue weighted by molar-refractivity contribution is 0.0231. The van der Waals surface area contributed by atoms with Crippen LogP contribution in [0, 0.1) is 0 Å². The van der Waals surface area contributed by atoms with Gasteiger partial charge >= 0.3 is 0 Å². The lowest BCUT2D eigenvalue weighted by Crippen LogP contribution is -2.48. The number of sulfonamides is 1. The molecular formula is C20H25NO3S. The summed E-state index contributed by atoms with van der Waals surface area (Å²) >= 11 is 0. The number of hydrogen-bond donors (Lipinski definition) is 2. The van der Waals surface area contributed by atoms with E-state index in [0.29, 0.717) is 12.8 Å². The Bertz CT molecular complexity index is 816. The minimum atomic E-state index is -3.42. The van der Waals surface area contributed by atoms with Crippen molar-refractivity contribution in [1.82, 2.24) is 4.72 Å². The van der Waals surface area contributed by atoms with Crippen molar-refractivity contribution in [2.75, 3.05) is 0 Å². The fourth-order valence-corrected chi connectivity index (χ4v) is 4.39. The molecule has 0 aliphatic heterocycles. The molecule has 0 aromatic heterocycles. The summed E-state index contributed by atoms with van der Waals surface area (Å²) < 4.78 is 27.2. The van der Waals surface area contributed by atoms with Gasteiger partial charge in [-0.25, -0.2) is 13.1 Å². The van der Waals surface area contributed by atoms with E-state index in [1.807, 2.05) is 54.6 Å². The molecule has 4 nitrogen and oxygen atoms in total. The minimum absolute atomic E-state index is 0.484. The van der Waals surface area contributed by atoms with Gasteiger partial charge in [0.2, 0.25) is 10.0 Å². The van der Waals surface area contributed by atoms with Gasteiger partial charge in [0, 0.05) is 0 Å². The average Bonchev–Trinajstić information content (AvgIpc) is 2.97. The fraction of sp³-hybridized carbons (Fsp3) is 0.400. The van der Waals surface area contributed by atoms with Gasteiger partial charge in [0.15, 0.2) is 0 Å². The summed E-state index contributed by atoms with van der Waals surface area (Å²) in [5.74, 6) is 0. The second-order valence-electron chi connectivity index (χ2n) is 7.02. The predicted molar refractivity (Wildman–Crippen MR) is 101 cm³/mol. The van der Waals surface area contributed by atoms with E-state index >= 15 is 0 Å². The van der Waals surface area contributed by atoms with E-state index in [4.69, 9.17) is 0 Å². The molecule has 3 rings (SSSR count). The van der Waals surface area contributed by atoms with Crippen LogP contribution < -0.4 is 4.72 Å². The van der Waals surface area contributed by atoms with E-state index in [9.17, 15) is 13.5 Å². The van der Waals surface area contributed by atoms with Crippen molar-refractivity contribution in [3.8, 4) is 11.1 Å². The van der Waals surface area contributed by atoms with Crippen molar-refractivity contribution in [3.05, 3.63) is 60.2 Å². The maximum Gasteiger partial charge on any atom is 0.214 e. The fourth-order valence-electron chi connectivity index (χ4n) is 3.41. The summed E-state index contributed by atoms with van der Waals surface area (Å²) in [6.45, 7) is 3.29. The lowest BCUT2D eigenvalue weighted by Gasteiger charge is -2.31. The summed E-state index contributed by atoms with van der Waals surface area (Å²) in [5.41, 5.74) is 1.80. The molecule has 25 heavy (non-hydrogen) atoms. The molecule has 0 saturated heterocycles. The second kappa shape index (κ2) is 6.90. The SMILES string of the molecule is CC(C)S(=O)(=O)N[C@@H]1CCC[C@]1(O)c1ccc(-c2ccccc2)cc1. The highest BCUT2D eigenvalue weighted by molar-refractivity contribution is 7.90. The van der Waals surface area contributed by atoms with Crippen LogP contribution in [-0.4, -0.2) is 24.8 Å². The topological polar surface area (TPSA) is 66.4 Å². The summed E-state index contributed by atoms with van der Waals surface area (Å²) in [4.78, 5) is 0. The molecule has 134 valence electrons. The van der Waals surface area contributed by atoms with Crippen LogP contribution in [-0.2, 0) is 15.6 Å². The van der Waals surface area contributed by atoms with Crippen LogP contribution in [0.25, 0.3) is 11.1 Å². The Labute approximate surface area is 150 Å². The van der Waals surface area contributed by atoms with Crippen LogP contribution >= 0.6 is 0 Å². The third-order valence-corrected chi connectivity index (χ3v) is 6.90. The molecule has 0 heterocycles. The molecule has 5 heteroatoms. The highest BCUT2D eigenvalue weighted by Crippen LogP contribution is 2.40. The van der Waals surface area contributed by atoms with E-state index < -0.39 is 26.9 Å². The number of aliphatic hydroxyl groups is 1. The lowest BCUT2D eigenvalue weighted by atomic mass is 9.88. The first-order valence-electron chi connectivity index (χ1n) is 8.72. The monoisotopic (exact) mass is 359 g/mol. The highest BCUT2D eigenvalue weighted by Gasteiger charge is 2.44. The normalized spacial score (nSPS) is 23.9. The first-order chi connectivity index (χ1) is 11.8. The number of hydrogen-bond acceptors (Lipinski definition) is 3. The zero-order valence-corrected chi connectivity index (χ0v) is 15.5. The maximum absolute atomic E-state index is 12.2. The van der Waals surface area contributed by atoms with Gasteiger partial charge in [0.1, 0.15) is 5.60 Å². The van der Waals surface area contributed by atoms with Crippen LogP contribution in [0.5, 0.6) is 0 Å². The van der Waals surface area contributed by atoms with Gasteiger partial charge in [-0.15, -0.1) is 0 Å². The third kappa shape index (κ3) is 3.64. The summed E-state index contributed by atoms with van der Waals surface area (Å²) in [5, 5.41) is 10.7. The molecule has 2 N–H and O–H groups in total. The predicted octanol–water partition coefficient (Wildman–Crippen LogP) is 3.42. The quantitative estimate of drug-likeness (QED) is 0.860. The van der Waals surface area contributed by atoms with Crippen molar-refractivity contribution in [2.45, 2.75) is 50.0 Å². The van der Waals surface area contributed by atoms with E-state index in [2.05, 4.69) is 4.72 Å². The van der Waals surface area contributed by atoms with Gasteiger partial charge in [-0.3, -0.25) is 0 Å². The Morgan fingerprint density at radius 3 is 2.24 bits per heavy atom.